The Morgan fingerprint density at radius 3 is 2.52 bits per heavy atom. The smallest absolute Gasteiger partial charge is 0.306 e. The first-order valence-electron chi connectivity index (χ1n) is 7.75. The van der Waals surface area contributed by atoms with Crippen molar-refractivity contribution in [2.75, 3.05) is 0 Å². The molecule has 3 rings (SSSR count). The van der Waals surface area contributed by atoms with Crippen LogP contribution < -0.4 is 4.74 Å². The zero-order chi connectivity index (χ0) is 16.2. The molecule has 23 heavy (non-hydrogen) atoms. The van der Waals surface area contributed by atoms with E-state index in [0.29, 0.717) is 17.7 Å². The summed E-state index contributed by atoms with van der Waals surface area (Å²) < 4.78 is 11.4. The summed E-state index contributed by atoms with van der Waals surface area (Å²) in [6.45, 7) is 1.89. The normalized spacial score (nSPS) is 19.6. The second-order valence-electron chi connectivity index (χ2n) is 5.47. The van der Waals surface area contributed by atoms with Crippen molar-refractivity contribution in [3.8, 4) is 5.75 Å². The molecule has 118 valence electrons. The molecule has 0 aromatic heterocycles. The van der Waals surface area contributed by atoms with E-state index in [9.17, 15) is 9.59 Å². The van der Waals surface area contributed by atoms with Crippen molar-refractivity contribution in [1.82, 2.24) is 0 Å². The molecule has 0 amide bonds. The van der Waals surface area contributed by atoms with Gasteiger partial charge >= 0.3 is 5.97 Å². The predicted octanol–water partition coefficient (Wildman–Crippen LogP) is 3.71. The van der Waals surface area contributed by atoms with Crippen molar-refractivity contribution in [2.24, 2.45) is 0 Å². The van der Waals surface area contributed by atoms with Crippen LogP contribution in [0.1, 0.15) is 41.8 Å². The van der Waals surface area contributed by atoms with Gasteiger partial charge in [0, 0.05) is 6.42 Å². The summed E-state index contributed by atoms with van der Waals surface area (Å²) in [6.07, 6.45) is -0.620. The predicted molar refractivity (Wildman–Crippen MR) is 85.4 cm³/mol. The number of hydrogen-bond acceptors (Lipinski definition) is 4. The molecule has 2 aromatic carbocycles. The summed E-state index contributed by atoms with van der Waals surface area (Å²) in [5.74, 6) is -0.0749. The fourth-order valence-electron chi connectivity index (χ4n) is 2.67. The Morgan fingerprint density at radius 1 is 1.09 bits per heavy atom. The molecule has 0 spiro atoms. The average molecular weight is 310 g/mol. The Kier molecular flexibility index (Phi) is 4.42. The van der Waals surface area contributed by atoms with Crippen LogP contribution in [0.25, 0.3) is 0 Å². The van der Waals surface area contributed by atoms with Crippen LogP contribution in [0, 0.1) is 0 Å². The third kappa shape index (κ3) is 3.11. The quantitative estimate of drug-likeness (QED) is 0.808. The minimum atomic E-state index is -0.952. The fourth-order valence-corrected chi connectivity index (χ4v) is 2.67. The SMILES string of the molecule is CCCC(=O)O[C@H]1C(=O)c2ccccc2O[C@@H]1c1ccccc1. The Morgan fingerprint density at radius 2 is 1.78 bits per heavy atom. The minimum absolute atomic E-state index is 0.217. The van der Waals surface area contributed by atoms with Gasteiger partial charge in [0.05, 0.1) is 5.56 Å². The van der Waals surface area contributed by atoms with Crippen LogP contribution in [0.4, 0.5) is 0 Å². The first kappa shape index (κ1) is 15.3. The molecule has 0 saturated heterocycles. The van der Waals surface area contributed by atoms with E-state index >= 15 is 0 Å². The number of carbonyl (C=O) groups is 2. The van der Waals surface area contributed by atoms with Crippen LogP contribution in [0.5, 0.6) is 5.75 Å². The molecular formula is C19H18O4. The first-order valence-corrected chi connectivity index (χ1v) is 7.75. The van der Waals surface area contributed by atoms with Crippen molar-refractivity contribution in [3.63, 3.8) is 0 Å². The van der Waals surface area contributed by atoms with Gasteiger partial charge < -0.3 is 9.47 Å². The molecule has 1 aliphatic rings. The van der Waals surface area contributed by atoms with Crippen molar-refractivity contribution in [3.05, 3.63) is 65.7 Å². The van der Waals surface area contributed by atoms with Gasteiger partial charge in [-0.2, -0.15) is 0 Å². The second-order valence-corrected chi connectivity index (χ2v) is 5.47. The topological polar surface area (TPSA) is 52.6 Å². The summed E-state index contributed by atoms with van der Waals surface area (Å²) in [5.41, 5.74) is 1.26. The number of para-hydroxylation sites is 1. The third-order valence-corrected chi connectivity index (χ3v) is 3.78. The molecule has 4 heteroatoms. The Balaban J connectivity index is 1.97. The lowest BCUT2D eigenvalue weighted by Gasteiger charge is -2.32. The van der Waals surface area contributed by atoms with E-state index in [2.05, 4.69) is 0 Å². The van der Waals surface area contributed by atoms with Gasteiger partial charge in [-0.1, -0.05) is 49.4 Å². The van der Waals surface area contributed by atoms with E-state index in [1.54, 1.807) is 18.2 Å². The van der Waals surface area contributed by atoms with E-state index in [1.165, 1.54) is 0 Å². The molecule has 1 heterocycles. The number of ether oxygens (including phenoxy) is 2. The number of benzene rings is 2. The highest BCUT2D eigenvalue weighted by Crippen LogP contribution is 2.36. The summed E-state index contributed by atoms with van der Waals surface area (Å²) in [7, 11) is 0. The maximum absolute atomic E-state index is 12.8. The maximum atomic E-state index is 12.8. The molecule has 0 bridgehead atoms. The maximum Gasteiger partial charge on any atom is 0.306 e. The number of Topliss-reactive ketones (excluding diaryl/α,β-unsaturated/α-hetero) is 1. The van der Waals surface area contributed by atoms with Gasteiger partial charge in [0.1, 0.15) is 5.75 Å². The highest BCUT2D eigenvalue weighted by molar-refractivity contribution is 6.04. The third-order valence-electron chi connectivity index (χ3n) is 3.78. The Labute approximate surface area is 135 Å². The number of ketones is 1. The number of esters is 1. The first-order chi connectivity index (χ1) is 11.2. The van der Waals surface area contributed by atoms with Gasteiger partial charge in [0.2, 0.25) is 11.9 Å². The van der Waals surface area contributed by atoms with Crippen LogP contribution in [-0.4, -0.2) is 17.9 Å². The molecule has 0 N–H and O–H groups in total. The van der Waals surface area contributed by atoms with E-state index in [1.807, 2.05) is 43.3 Å². The van der Waals surface area contributed by atoms with Gasteiger partial charge in [-0.05, 0) is 24.1 Å². The van der Waals surface area contributed by atoms with Crippen LogP contribution in [0.3, 0.4) is 0 Å². The van der Waals surface area contributed by atoms with Gasteiger partial charge in [-0.15, -0.1) is 0 Å². The lowest BCUT2D eigenvalue weighted by Crippen LogP contribution is -2.39. The zero-order valence-electron chi connectivity index (χ0n) is 12.9. The highest BCUT2D eigenvalue weighted by Gasteiger charge is 2.40. The number of fused-ring (bicyclic) bond motifs is 1. The summed E-state index contributed by atoms with van der Waals surface area (Å²) in [5, 5.41) is 0. The van der Waals surface area contributed by atoms with Crippen molar-refractivity contribution in [1.29, 1.82) is 0 Å². The van der Waals surface area contributed by atoms with Gasteiger partial charge in [0.15, 0.2) is 6.10 Å². The molecule has 0 radical (unpaired) electrons. The molecule has 1 aliphatic heterocycles. The summed E-state index contributed by atoms with van der Waals surface area (Å²) >= 11 is 0. The van der Waals surface area contributed by atoms with E-state index < -0.39 is 12.2 Å². The van der Waals surface area contributed by atoms with Gasteiger partial charge in [0.25, 0.3) is 0 Å². The van der Waals surface area contributed by atoms with Gasteiger partial charge in [-0.25, -0.2) is 0 Å². The van der Waals surface area contributed by atoms with Crippen LogP contribution in [0.15, 0.2) is 54.6 Å². The van der Waals surface area contributed by atoms with Crippen molar-refractivity contribution >= 4 is 11.8 Å². The molecule has 0 saturated carbocycles. The molecular weight excluding hydrogens is 292 g/mol. The van der Waals surface area contributed by atoms with Crippen LogP contribution in [0.2, 0.25) is 0 Å². The molecule has 0 fully saturated rings. The van der Waals surface area contributed by atoms with E-state index in [-0.39, 0.29) is 18.2 Å². The average Bonchev–Trinajstić information content (AvgIpc) is 2.58. The number of rotatable bonds is 4. The summed E-state index contributed by atoms with van der Waals surface area (Å²) in [6, 6.07) is 16.4. The Hall–Kier alpha value is -2.62. The number of hydrogen-bond donors (Lipinski definition) is 0. The molecule has 2 atom stereocenters. The van der Waals surface area contributed by atoms with E-state index in [0.717, 1.165) is 5.56 Å². The lowest BCUT2D eigenvalue weighted by atomic mass is 9.93. The lowest BCUT2D eigenvalue weighted by molar-refractivity contribution is -0.151. The van der Waals surface area contributed by atoms with Crippen molar-refractivity contribution in [2.45, 2.75) is 32.0 Å². The van der Waals surface area contributed by atoms with Gasteiger partial charge in [-0.3, -0.25) is 9.59 Å². The molecule has 4 nitrogen and oxygen atoms in total. The zero-order valence-corrected chi connectivity index (χ0v) is 12.9. The fraction of sp³-hybridized carbons (Fsp3) is 0.263. The standard InChI is InChI=1S/C19H18O4/c1-2-8-16(20)23-19-17(21)14-11-6-7-12-15(14)22-18(19)13-9-4-3-5-10-13/h3-7,9-12,18-19H,2,8H2,1H3/t18-,19+/m1/s1. The van der Waals surface area contributed by atoms with E-state index in [4.69, 9.17) is 9.47 Å². The molecule has 0 unspecified atom stereocenters. The Bertz CT molecular complexity index is 708. The second kappa shape index (κ2) is 6.65. The van der Waals surface area contributed by atoms with Crippen LogP contribution >= 0.6 is 0 Å². The minimum Gasteiger partial charge on any atom is -0.481 e. The van der Waals surface area contributed by atoms with Crippen LogP contribution in [-0.2, 0) is 9.53 Å². The van der Waals surface area contributed by atoms with Crippen molar-refractivity contribution < 1.29 is 19.1 Å². The molecule has 2 aromatic rings. The summed E-state index contributed by atoms with van der Waals surface area (Å²) in [4.78, 5) is 24.7. The highest BCUT2D eigenvalue weighted by atomic mass is 16.6. The largest absolute Gasteiger partial charge is 0.481 e. The monoisotopic (exact) mass is 310 g/mol. The molecule has 0 aliphatic carbocycles. The number of carbonyl (C=O) groups excluding carboxylic acids is 2.